The van der Waals surface area contributed by atoms with Gasteiger partial charge in [0.2, 0.25) is 17.7 Å². The van der Waals surface area contributed by atoms with Crippen LogP contribution in [0.4, 0.5) is 10.5 Å². The first-order valence-electron chi connectivity index (χ1n) is 12.6. The highest BCUT2D eigenvalue weighted by Crippen LogP contribution is 2.34. The second kappa shape index (κ2) is 11.6. The van der Waals surface area contributed by atoms with Crippen molar-refractivity contribution in [1.29, 1.82) is 0 Å². The lowest BCUT2D eigenvalue weighted by Crippen LogP contribution is -2.53. The Bertz CT molecular complexity index is 952. The smallest absolute Gasteiger partial charge is 0.410 e. The molecule has 3 N–H and O–H groups in total. The molecule has 0 spiro atoms. The fourth-order valence-electron chi connectivity index (χ4n) is 5.51. The molecule has 0 bridgehead atoms. The molecule has 3 aliphatic rings. The van der Waals surface area contributed by atoms with Gasteiger partial charge in [-0.05, 0) is 37.8 Å². The summed E-state index contributed by atoms with van der Waals surface area (Å²) in [6.07, 6.45) is 0.660. The molecule has 2 heterocycles. The van der Waals surface area contributed by atoms with E-state index < -0.39 is 29.9 Å². The van der Waals surface area contributed by atoms with Gasteiger partial charge in [0.25, 0.3) is 0 Å². The Morgan fingerprint density at radius 1 is 0.917 bits per heavy atom. The number of benzene rings is 1. The molecule has 0 radical (unpaired) electrons. The summed E-state index contributed by atoms with van der Waals surface area (Å²) in [4.78, 5) is 55.4. The van der Waals surface area contributed by atoms with Gasteiger partial charge in [0, 0.05) is 57.9 Å². The van der Waals surface area contributed by atoms with E-state index in [0.717, 1.165) is 5.69 Å². The minimum atomic E-state index is -0.785. The second-order valence-electron chi connectivity index (χ2n) is 9.79. The summed E-state index contributed by atoms with van der Waals surface area (Å²) in [6.45, 7) is 4.82. The first-order chi connectivity index (χ1) is 17.4. The monoisotopic (exact) mass is 501 g/mol. The summed E-state index contributed by atoms with van der Waals surface area (Å²) in [5.74, 6) is -2.24. The van der Waals surface area contributed by atoms with E-state index in [1.807, 2.05) is 30.3 Å². The van der Waals surface area contributed by atoms with E-state index >= 15 is 0 Å². The van der Waals surface area contributed by atoms with Crippen LogP contribution in [0.3, 0.4) is 0 Å². The van der Waals surface area contributed by atoms with Crippen LogP contribution in [0.2, 0.25) is 0 Å². The van der Waals surface area contributed by atoms with Crippen molar-refractivity contribution in [2.75, 3.05) is 44.2 Å². The molecule has 36 heavy (non-hydrogen) atoms. The van der Waals surface area contributed by atoms with Gasteiger partial charge in [0.15, 0.2) is 0 Å². The van der Waals surface area contributed by atoms with Crippen LogP contribution in [0.5, 0.6) is 0 Å². The van der Waals surface area contributed by atoms with Crippen LogP contribution in [0.15, 0.2) is 30.3 Å². The molecule has 11 nitrogen and oxygen atoms in total. The predicted molar refractivity (Wildman–Crippen MR) is 130 cm³/mol. The van der Waals surface area contributed by atoms with E-state index in [1.54, 1.807) is 15.3 Å². The van der Waals surface area contributed by atoms with Gasteiger partial charge in [0.1, 0.15) is 6.10 Å². The lowest BCUT2D eigenvalue weighted by Gasteiger charge is -2.40. The number of rotatable bonds is 5. The van der Waals surface area contributed by atoms with E-state index in [4.69, 9.17) is 4.74 Å². The lowest BCUT2D eigenvalue weighted by molar-refractivity contribution is -0.149. The number of likely N-dealkylation sites (tertiary alicyclic amines) is 1. The van der Waals surface area contributed by atoms with E-state index in [9.17, 15) is 24.4 Å². The maximum absolute atomic E-state index is 13.4. The molecule has 3 fully saturated rings. The van der Waals surface area contributed by atoms with Crippen molar-refractivity contribution in [3.63, 3.8) is 0 Å². The standard InChI is InChI=1S/C25H35N5O6/c1-17(31)26-18-9-10-30(16-18)25(34)36-20-7-8-21(22(15-20)23(32)27-35)24(33)29-13-11-28(12-14-29)19-5-3-2-4-6-19/h2-6,18,20-22,35H,7-16H2,1H3,(H,26,31)(H,27,32)/t18-,20+,21-,22?/m0/s1. The van der Waals surface area contributed by atoms with Crippen molar-refractivity contribution >= 4 is 29.5 Å². The third-order valence-electron chi connectivity index (χ3n) is 7.40. The van der Waals surface area contributed by atoms with Crippen molar-refractivity contribution in [3.05, 3.63) is 30.3 Å². The van der Waals surface area contributed by atoms with Crippen LogP contribution in [0, 0.1) is 11.8 Å². The van der Waals surface area contributed by atoms with Crippen LogP contribution in [0.25, 0.3) is 0 Å². The van der Waals surface area contributed by atoms with Gasteiger partial charge in [0.05, 0.1) is 11.8 Å². The molecule has 1 saturated carbocycles. The number of anilines is 1. The summed E-state index contributed by atoms with van der Waals surface area (Å²) in [6, 6.07) is 9.94. The summed E-state index contributed by atoms with van der Waals surface area (Å²) in [5.41, 5.74) is 2.81. The highest BCUT2D eigenvalue weighted by Gasteiger charge is 2.43. The molecule has 1 aromatic rings. The zero-order chi connectivity index (χ0) is 25.7. The Balaban J connectivity index is 1.32. The first kappa shape index (κ1) is 25.7. The predicted octanol–water partition coefficient (Wildman–Crippen LogP) is 0.973. The zero-order valence-corrected chi connectivity index (χ0v) is 20.6. The van der Waals surface area contributed by atoms with Crippen LogP contribution in [-0.2, 0) is 19.1 Å². The minimum Gasteiger partial charge on any atom is -0.446 e. The number of piperazine rings is 1. The van der Waals surface area contributed by atoms with E-state index in [2.05, 4.69) is 10.2 Å². The van der Waals surface area contributed by atoms with E-state index in [-0.39, 0.29) is 24.3 Å². The number of nitrogens with zero attached hydrogens (tertiary/aromatic N) is 3. The fourth-order valence-corrected chi connectivity index (χ4v) is 5.51. The number of hydrogen-bond donors (Lipinski definition) is 3. The van der Waals surface area contributed by atoms with Crippen LogP contribution in [0.1, 0.15) is 32.6 Å². The number of hydroxylamine groups is 1. The molecule has 2 saturated heterocycles. The third kappa shape index (κ3) is 6.07. The summed E-state index contributed by atoms with van der Waals surface area (Å²) < 4.78 is 5.67. The van der Waals surface area contributed by atoms with Gasteiger partial charge in [-0.3, -0.25) is 19.6 Å². The average Bonchev–Trinajstić information content (AvgIpc) is 3.36. The topological polar surface area (TPSA) is 132 Å². The van der Waals surface area contributed by atoms with E-state index in [0.29, 0.717) is 58.5 Å². The van der Waals surface area contributed by atoms with E-state index in [1.165, 1.54) is 6.92 Å². The van der Waals surface area contributed by atoms with Crippen molar-refractivity contribution in [1.82, 2.24) is 20.6 Å². The molecule has 196 valence electrons. The van der Waals surface area contributed by atoms with Crippen molar-refractivity contribution in [2.45, 2.75) is 44.8 Å². The number of ether oxygens (including phenoxy) is 1. The second-order valence-corrected chi connectivity index (χ2v) is 9.79. The molecular formula is C25H35N5O6. The molecular weight excluding hydrogens is 466 g/mol. The number of para-hydroxylation sites is 1. The summed E-state index contributed by atoms with van der Waals surface area (Å²) >= 11 is 0. The van der Waals surface area contributed by atoms with Crippen molar-refractivity contribution in [3.8, 4) is 0 Å². The van der Waals surface area contributed by atoms with Crippen LogP contribution >= 0.6 is 0 Å². The Kier molecular flexibility index (Phi) is 8.29. The quantitative estimate of drug-likeness (QED) is 0.405. The molecule has 4 amide bonds. The molecule has 2 aliphatic heterocycles. The lowest BCUT2D eigenvalue weighted by atomic mass is 9.76. The normalized spacial score (nSPS) is 26.3. The SMILES string of the molecule is CC(=O)N[C@H]1CCN(C(=O)O[C@@H]2CC[C@H](C(=O)N3CCN(c4ccccc4)CC3)C(C(=O)NO)C2)C1. The van der Waals surface area contributed by atoms with Crippen molar-refractivity contribution < 1.29 is 29.1 Å². The Morgan fingerprint density at radius 2 is 1.64 bits per heavy atom. The van der Waals surface area contributed by atoms with Gasteiger partial charge in [-0.1, -0.05) is 18.2 Å². The highest BCUT2D eigenvalue weighted by atomic mass is 16.6. The molecule has 11 heteroatoms. The first-order valence-corrected chi connectivity index (χ1v) is 12.6. The van der Waals surface area contributed by atoms with Crippen molar-refractivity contribution in [2.24, 2.45) is 11.8 Å². The molecule has 4 atom stereocenters. The fraction of sp³-hybridized carbons (Fsp3) is 0.600. The van der Waals surface area contributed by atoms with Gasteiger partial charge < -0.3 is 24.8 Å². The molecule has 1 aromatic carbocycles. The molecule has 4 rings (SSSR count). The zero-order valence-electron chi connectivity index (χ0n) is 20.6. The van der Waals surface area contributed by atoms with Crippen LogP contribution < -0.4 is 15.7 Å². The maximum atomic E-state index is 13.4. The number of amides is 4. The Hall–Kier alpha value is -3.34. The van der Waals surface area contributed by atoms with Gasteiger partial charge in [-0.15, -0.1) is 0 Å². The summed E-state index contributed by atoms with van der Waals surface area (Å²) in [7, 11) is 0. The largest absolute Gasteiger partial charge is 0.446 e. The minimum absolute atomic E-state index is 0.0984. The highest BCUT2D eigenvalue weighted by molar-refractivity contribution is 5.87. The van der Waals surface area contributed by atoms with Gasteiger partial charge >= 0.3 is 6.09 Å². The Labute approximate surface area is 210 Å². The average molecular weight is 502 g/mol. The number of carbonyl (C=O) groups excluding carboxylic acids is 4. The number of nitrogens with one attached hydrogen (secondary N) is 2. The third-order valence-corrected chi connectivity index (χ3v) is 7.40. The van der Waals surface area contributed by atoms with Crippen LogP contribution in [-0.4, -0.2) is 90.2 Å². The van der Waals surface area contributed by atoms with Gasteiger partial charge in [-0.2, -0.15) is 0 Å². The summed E-state index contributed by atoms with van der Waals surface area (Å²) in [5, 5.41) is 12.1. The Morgan fingerprint density at radius 3 is 2.31 bits per heavy atom. The maximum Gasteiger partial charge on any atom is 0.410 e. The van der Waals surface area contributed by atoms with Gasteiger partial charge in [-0.25, -0.2) is 10.3 Å². The number of carbonyl (C=O) groups is 4. The molecule has 0 aromatic heterocycles. The molecule has 1 aliphatic carbocycles. The number of hydrogen-bond acceptors (Lipinski definition) is 7. The molecule has 1 unspecified atom stereocenters.